The highest BCUT2D eigenvalue weighted by atomic mass is 32.1. The van der Waals surface area contributed by atoms with Crippen LogP contribution in [0.15, 0.2) is 35.1 Å². The third-order valence-electron chi connectivity index (χ3n) is 6.03. The quantitative estimate of drug-likeness (QED) is 0.535. The number of thiazole rings is 1. The molecule has 2 aliphatic rings. The Morgan fingerprint density at radius 3 is 2.83 bits per heavy atom. The van der Waals surface area contributed by atoms with E-state index < -0.39 is 0 Å². The number of hydrogen-bond acceptors (Lipinski definition) is 5. The van der Waals surface area contributed by atoms with Crippen molar-refractivity contribution < 1.29 is 4.79 Å². The van der Waals surface area contributed by atoms with E-state index in [0.29, 0.717) is 6.54 Å². The average Bonchev–Trinajstić information content (AvgIpc) is 3.08. The van der Waals surface area contributed by atoms with Crippen molar-refractivity contribution in [1.82, 2.24) is 10.3 Å². The molecule has 1 fully saturated rings. The van der Waals surface area contributed by atoms with Gasteiger partial charge in [0.25, 0.3) is 5.91 Å². The maximum atomic E-state index is 12.7. The van der Waals surface area contributed by atoms with E-state index in [0.717, 1.165) is 57.4 Å². The third-order valence-corrected chi connectivity index (χ3v) is 6.89. The van der Waals surface area contributed by atoms with Crippen molar-refractivity contribution >= 4 is 33.1 Å². The van der Waals surface area contributed by atoms with Crippen molar-refractivity contribution in [3.63, 3.8) is 0 Å². The molecule has 1 saturated carbocycles. The predicted octanol–water partition coefficient (Wildman–Crippen LogP) is 3.22. The Bertz CT molecular complexity index is 1150. The van der Waals surface area contributed by atoms with Gasteiger partial charge in [-0.1, -0.05) is 30.2 Å². The van der Waals surface area contributed by atoms with Gasteiger partial charge in [0.15, 0.2) is 0 Å². The van der Waals surface area contributed by atoms with Gasteiger partial charge in [0.05, 0.1) is 15.8 Å². The summed E-state index contributed by atoms with van der Waals surface area (Å²) in [4.78, 5) is 27.2. The molecule has 150 valence electrons. The topological polar surface area (TPSA) is 100 Å². The lowest BCUT2D eigenvalue weighted by molar-refractivity contribution is 0.0947. The van der Waals surface area contributed by atoms with Gasteiger partial charge >= 0.3 is 4.87 Å². The van der Waals surface area contributed by atoms with E-state index >= 15 is 0 Å². The Hall–Kier alpha value is -2.64. The number of nitrogens with two attached hydrogens (primary N) is 1. The molecule has 0 spiro atoms. The van der Waals surface area contributed by atoms with Crippen molar-refractivity contribution in [1.29, 1.82) is 0 Å². The third kappa shape index (κ3) is 3.45. The summed E-state index contributed by atoms with van der Waals surface area (Å²) in [6, 6.07) is 10.4. The molecule has 2 heterocycles. The molecule has 7 heteroatoms. The smallest absolute Gasteiger partial charge is 0.305 e. The number of carbonyl (C=O) groups excluding carboxylic acids is 1. The maximum absolute atomic E-state index is 12.7. The Morgan fingerprint density at radius 2 is 1.97 bits per heavy atom. The molecule has 0 radical (unpaired) electrons. The van der Waals surface area contributed by atoms with E-state index in [9.17, 15) is 9.59 Å². The Morgan fingerprint density at radius 1 is 1.10 bits per heavy atom. The molecule has 0 bridgehead atoms. The number of aromatic nitrogens is 1. The molecule has 0 saturated heterocycles. The van der Waals surface area contributed by atoms with Gasteiger partial charge in [0.2, 0.25) is 0 Å². The minimum atomic E-state index is -0.0707. The first-order valence-electron chi connectivity index (χ1n) is 10.2. The highest BCUT2D eigenvalue weighted by molar-refractivity contribution is 7.16. The second-order valence-corrected chi connectivity index (χ2v) is 9.00. The molecular formula is C22H24N4O2S. The van der Waals surface area contributed by atoms with Crippen LogP contribution in [0, 0.1) is 0 Å². The second-order valence-electron chi connectivity index (χ2n) is 7.99. The van der Waals surface area contributed by atoms with Crippen molar-refractivity contribution in [3.8, 4) is 11.1 Å². The lowest BCUT2D eigenvalue weighted by Crippen LogP contribution is -2.42. The number of aromatic amines is 1. The molecule has 0 unspecified atom stereocenters. The summed E-state index contributed by atoms with van der Waals surface area (Å²) in [5, 5.41) is 6.60. The SMILES string of the molecule is N[C@H]1CCCC[C@H]1Nc1cc2c(c(-c3ccc4sc(=O)[nH]c4c3)c1)C(=O)NCC2. The van der Waals surface area contributed by atoms with E-state index in [-0.39, 0.29) is 22.9 Å². The number of hydrogen-bond donors (Lipinski definition) is 4. The van der Waals surface area contributed by atoms with Crippen LogP contribution in [0.4, 0.5) is 5.69 Å². The Balaban J connectivity index is 1.61. The molecule has 5 N–H and O–H groups in total. The second kappa shape index (κ2) is 7.31. The number of amides is 1. The molecule has 1 aromatic heterocycles. The zero-order valence-corrected chi connectivity index (χ0v) is 16.9. The molecule has 1 amide bonds. The van der Waals surface area contributed by atoms with Gasteiger partial charge in [-0.25, -0.2) is 0 Å². The number of rotatable bonds is 3. The van der Waals surface area contributed by atoms with E-state index in [1.54, 1.807) is 0 Å². The Labute approximate surface area is 172 Å². The monoisotopic (exact) mass is 408 g/mol. The van der Waals surface area contributed by atoms with Gasteiger partial charge in [-0.2, -0.15) is 0 Å². The van der Waals surface area contributed by atoms with Crippen molar-refractivity contribution in [2.75, 3.05) is 11.9 Å². The number of anilines is 1. The number of nitrogens with one attached hydrogen (secondary N) is 3. The summed E-state index contributed by atoms with van der Waals surface area (Å²) >= 11 is 1.20. The highest BCUT2D eigenvalue weighted by Gasteiger charge is 2.25. The summed E-state index contributed by atoms with van der Waals surface area (Å²) in [6.45, 7) is 0.647. The zero-order valence-electron chi connectivity index (χ0n) is 16.1. The normalized spacial score (nSPS) is 21.6. The van der Waals surface area contributed by atoms with Crippen LogP contribution in [0.5, 0.6) is 0 Å². The molecule has 6 nitrogen and oxygen atoms in total. The minimum Gasteiger partial charge on any atom is -0.381 e. The standard InChI is InChI=1S/C22H24N4O2S/c23-16-3-1-2-4-17(16)25-14-9-13-7-8-24-21(27)20(13)15(11-14)12-5-6-19-18(10-12)26-22(28)29-19/h5-6,9-11,16-17,25H,1-4,7-8,23H2,(H,24,27)(H,26,28)/t16-,17+/m0/s1. The van der Waals surface area contributed by atoms with Gasteiger partial charge in [-0.3, -0.25) is 9.59 Å². The van der Waals surface area contributed by atoms with Gasteiger partial charge in [-0.15, -0.1) is 0 Å². The summed E-state index contributed by atoms with van der Waals surface area (Å²) < 4.78 is 0.916. The molecule has 1 aliphatic carbocycles. The van der Waals surface area contributed by atoms with Crippen LogP contribution in [-0.4, -0.2) is 29.5 Å². The first-order chi connectivity index (χ1) is 14.1. The van der Waals surface area contributed by atoms with E-state index in [1.807, 2.05) is 18.2 Å². The maximum Gasteiger partial charge on any atom is 0.305 e. The van der Waals surface area contributed by atoms with Crippen LogP contribution in [-0.2, 0) is 6.42 Å². The lowest BCUT2D eigenvalue weighted by atomic mass is 9.88. The van der Waals surface area contributed by atoms with Gasteiger partial charge in [0.1, 0.15) is 0 Å². The Kier molecular flexibility index (Phi) is 4.64. The van der Waals surface area contributed by atoms with Crippen LogP contribution in [0.3, 0.4) is 0 Å². The molecule has 2 aromatic carbocycles. The molecule has 29 heavy (non-hydrogen) atoms. The number of carbonyl (C=O) groups is 1. The fourth-order valence-electron chi connectivity index (χ4n) is 4.55. The summed E-state index contributed by atoms with van der Waals surface area (Å²) in [5.74, 6) is -0.0407. The van der Waals surface area contributed by atoms with Crippen LogP contribution >= 0.6 is 11.3 Å². The molecule has 1 aliphatic heterocycles. The van der Waals surface area contributed by atoms with Crippen LogP contribution in [0.2, 0.25) is 0 Å². The molecule has 3 aromatic rings. The summed E-state index contributed by atoms with van der Waals surface area (Å²) in [6.07, 6.45) is 5.29. The van der Waals surface area contributed by atoms with Crippen molar-refractivity contribution in [3.05, 3.63) is 51.1 Å². The minimum absolute atomic E-state index is 0.0407. The van der Waals surface area contributed by atoms with Crippen molar-refractivity contribution in [2.45, 2.75) is 44.2 Å². The molecular weight excluding hydrogens is 384 g/mol. The number of H-pyrrole nitrogens is 1. The first-order valence-corrected chi connectivity index (χ1v) is 11.0. The zero-order chi connectivity index (χ0) is 20.0. The van der Waals surface area contributed by atoms with Crippen LogP contribution in [0.1, 0.15) is 41.6 Å². The summed E-state index contributed by atoms with van der Waals surface area (Å²) in [7, 11) is 0. The van der Waals surface area contributed by atoms with E-state index in [2.05, 4.69) is 27.8 Å². The van der Waals surface area contributed by atoms with Gasteiger partial charge in [0, 0.05) is 24.3 Å². The van der Waals surface area contributed by atoms with Gasteiger partial charge < -0.3 is 21.4 Å². The van der Waals surface area contributed by atoms with Crippen molar-refractivity contribution in [2.24, 2.45) is 5.73 Å². The fourth-order valence-corrected chi connectivity index (χ4v) is 5.27. The van der Waals surface area contributed by atoms with Crippen LogP contribution < -0.4 is 21.2 Å². The fraction of sp³-hybridized carbons (Fsp3) is 0.364. The van der Waals surface area contributed by atoms with E-state index in [1.165, 1.54) is 24.2 Å². The largest absolute Gasteiger partial charge is 0.381 e. The van der Waals surface area contributed by atoms with Crippen LogP contribution in [0.25, 0.3) is 21.3 Å². The number of fused-ring (bicyclic) bond motifs is 2. The lowest BCUT2D eigenvalue weighted by Gasteiger charge is -2.31. The molecule has 2 atom stereocenters. The summed E-state index contributed by atoms with van der Waals surface area (Å²) in [5.41, 5.74) is 11.7. The highest BCUT2D eigenvalue weighted by Crippen LogP contribution is 2.34. The van der Waals surface area contributed by atoms with Gasteiger partial charge in [-0.05, 0) is 60.2 Å². The van der Waals surface area contributed by atoms with E-state index in [4.69, 9.17) is 5.73 Å². The molecule has 5 rings (SSSR count). The first kappa shape index (κ1) is 18.4. The predicted molar refractivity (Wildman–Crippen MR) is 118 cm³/mol. The average molecular weight is 409 g/mol. The number of benzene rings is 2.